The van der Waals surface area contributed by atoms with E-state index in [4.69, 9.17) is 9.47 Å². The minimum absolute atomic E-state index is 0.266. The van der Waals surface area contributed by atoms with Crippen LogP contribution in [0, 0.1) is 0 Å². The number of fused-ring (bicyclic) bond motifs is 1. The summed E-state index contributed by atoms with van der Waals surface area (Å²) >= 11 is 0. The molecule has 1 N–H and O–H groups in total. The smallest absolute Gasteiger partial charge is 0.241 e. The lowest BCUT2D eigenvalue weighted by atomic mass is 9.92. The van der Waals surface area contributed by atoms with Crippen molar-refractivity contribution in [2.75, 3.05) is 14.2 Å². The number of benzene rings is 2. The van der Waals surface area contributed by atoms with Crippen molar-refractivity contribution in [2.24, 2.45) is 7.05 Å². The number of nitrogens with zero attached hydrogens (tertiary/aromatic N) is 2. The fourth-order valence-corrected chi connectivity index (χ4v) is 5.25. The molecule has 2 aromatic carbocycles. The highest BCUT2D eigenvalue weighted by Crippen LogP contribution is 2.31. The molecule has 0 spiro atoms. The van der Waals surface area contributed by atoms with Crippen LogP contribution in [0.4, 0.5) is 0 Å². The second-order valence-electron chi connectivity index (χ2n) is 7.73. The van der Waals surface area contributed by atoms with Gasteiger partial charge in [-0.05, 0) is 66.6 Å². The zero-order chi connectivity index (χ0) is 22.0. The number of imidazole rings is 1. The Morgan fingerprint density at radius 1 is 1.00 bits per heavy atom. The highest BCUT2D eigenvalue weighted by molar-refractivity contribution is 7.89. The summed E-state index contributed by atoms with van der Waals surface area (Å²) < 4.78 is 42.2. The molecule has 4 rings (SSSR count). The molecule has 3 aromatic rings. The lowest BCUT2D eigenvalue weighted by Gasteiger charge is -2.22. The number of methoxy groups -OCH3 is 2. The highest BCUT2D eigenvalue weighted by Gasteiger charge is 2.27. The monoisotopic (exact) mass is 441 g/mol. The number of rotatable bonds is 7. The highest BCUT2D eigenvalue weighted by atomic mass is 32.2. The molecule has 0 fully saturated rings. The molecular formula is C23H27N3O4S. The van der Waals surface area contributed by atoms with Crippen molar-refractivity contribution in [1.29, 1.82) is 0 Å². The van der Waals surface area contributed by atoms with Gasteiger partial charge in [-0.2, -0.15) is 4.72 Å². The molecule has 1 unspecified atom stereocenters. The van der Waals surface area contributed by atoms with Crippen LogP contribution in [0.5, 0.6) is 11.5 Å². The summed E-state index contributed by atoms with van der Waals surface area (Å²) in [7, 11) is 1.15. The van der Waals surface area contributed by atoms with Crippen molar-refractivity contribution in [3.63, 3.8) is 0 Å². The van der Waals surface area contributed by atoms with Crippen LogP contribution in [0.25, 0.3) is 0 Å². The molecule has 1 heterocycles. The fraction of sp³-hybridized carbons (Fsp3) is 0.348. The van der Waals surface area contributed by atoms with Crippen molar-refractivity contribution in [2.45, 2.75) is 36.6 Å². The van der Waals surface area contributed by atoms with Crippen molar-refractivity contribution >= 4 is 10.0 Å². The van der Waals surface area contributed by atoms with E-state index in [1.54, 1.807) is 61.5 Å². The minimum atomic E-state index is -3.81. The average molecular weight is 442 g/mol. The van der Waals surface area contributed by atoms with Crippen LogP contribution in [-0.4, -0.2) is 32.2 Å². The Kier molecular flexibility index (Phi) is 6.02. The zero-order valence-corrected chi connectivity index (χ0v) is 18.8. The normalized spacial score (nSPS) is 14.7. The average Bonchev–Trinajstić information content (AvgIpc) is 3.22. The van der Waals surface area contributed by atoms with Gasteiger partial charge in [0.2, 0.25) is 10.0 Å². The van der Waals surface area contributed by atoms with E-state index in [9.17, 15) is 8.42 Å². The Morgan fingerprint density at radius 2 is 1.68 bits per heavy atom. The van der Waals surface area contributed by atoms with E-state index in [1.807, 2.05) is 13.1 Å². The predicted molar refractivity (Wildman–Crippen MR) is 118 cm³/mol. The molecule has 0 amide bonds. The van der Waals surface area contributed by atoms with Gasteiger partial charge in [-0.25, -0.2) is 13.4 Å². The Balaban J connectivity index is 1.76. The first-order valence-electron chi connectivity index (χ1n) is 10.3. The van der Waals surface area contributed by atoms with Gasteiger partial charge in [0.05, 0.1) is 19.1 Å². The third kappa shape index (κ3) is 4.45. The summed E-state index contributed by atoms with van der Waals surface area (Å²) in [6.07, 6.45) is 7.58. The SMILES string of the molecule is COc1cc(OC)cc(C(NS(=O)(=O)c2ccc3c(c2)CCCC3)c2nccn2C)c1. The predicted octanol–water partition coefficient (Wildman–Crippen LogP) is 3.38. The van der Waals surface area contributed by atoms with Gasteiger partial charge in [0, 0.05) is 25.5 Å². The van der Waals surface area contributed by atoms with Crippen molar-refractivity contribution in [3.05, 3.63) is 71.3 Å². The summed E-state index contributed by atoms with van der Waals surface area (Å²) in [5.41, 5.74) is 3.03. The van der Waals surface area contributed by atoms with E-state index >= 15 is 0 Å². The summed E-state index contributed by atoms with van der Waals surface area (Å²) in [6.45, 7) is 0. The summed E-state index contributed by atoms with van der Waals surface area (Å²) in [6, 6.07) is 10.0. The molecule has 8 heteroatoms. The fourth-order valence-electron chi connectivity index (χ4n) is 4.02. The quantitative estimate of drug-likeness (QED) is 0.608. The first kappa shape index (κ1) is 21.4. The molecule has 31 heavy (non-hydrogen) atoms. The number of nitrogens with one attached hydrogen (secondary N) is 1. The third-order valence-corrected chi connectivity index (χ3v) is 7.15. The Bertz CT molecular complexity index is 1170. The van der Waals surface area contributed by atoms with Crippen LogP contribution in [0.1, 0.15) is 41.4 Å². The second-order valence-corrected chi connectivity index (χ2v) is 9.45. The summed E-state index contributed by atoms with van der Waals surface area (Å²) in [5, 5.41) is 0. The number of aromatic nitrogens is 2. The number of sulfonamides is 1. The van der Waals surface area contributed by atoms with E-state index in [-0.39, 0.29) is 4.90 Å². The Labute approximate surface area is 183 Å². The molecule has 0 bridgehead atoms. The van der Waals surface area contributed by atoms with E-state index in [2.05, 4.69) is 9.71 Å². The van der Waals surface area contributed by atoms with Crippen molar-refractivity contribution in [3.8, 4) is 11.5 Å². The summed E-state index contributed by atoms with van der Waals surface area (Å²) in [5.74, 6) is 1.71. The molecule has 0 saturated carbocycles. The molecule has 164 valence electrons. The molecule has 1 aliphatic carbocycles. The second kappa shape index (κ2) is 8.72. The van der Waals surface area contributed by atoms with Gasteiger partial charge < -0.3 is 14.0 Å². The molecular weight excluding hydrogens is 414 g/mol. The third-order valence-electron chi connectivity index (χ3n) is 5.73. The Morgan fingerprint density at radius 3 is 2.29 bits per heavy atom. The number of hydrogen-bond acceptors (Lipinski definition) is 5. The lowest BCUT2D eigenvalue weighted by Crippen LogP contribution is -2.31. The van der Waals surface area contributed by atoms with Gasteiger partial charge >= 0.3 is 0 Å². The van der Waals surface area contributed by atoms with E-state index in [0.717, 1.165) is 31.2 Å². The molecule has 1 aliphatic rings. The number of aryl methyl sites for hydroxylation is 3. The zero-order valence-electron chi connectivity index (χ0n) is 18.0. The molecule has 0 radical (unpaired) electrons. The van der Waals surface area contributed by atoms with Gasteiger partial charge in [0.1, 0.15) is 23.4 Å². The minimum Gasteiger partial charge on any atom is -0.497 e. The van der Waals surface area contributed by atoms with Crippen LogP contribution in [-0.2, 0) is 29.9 Å². The van der Waals surface area contributed by atoms with Gasteiger partial charge in [0.15, 0.2) is 0 Å². The number of hydrogen-bond donors (Lipinski definition) is 1. The lowest BCUT2D eigenvalue weighted by molar-refractivity contribution is 0.392. The van der Waals surface area contributed by atoms with Crippen LogP contribution >= 0.6 is 0 Å². The van der Waals surface area contributed by atoms with Gasteiger partial charge in [-0.3, -0.25) is 0 Å². The number of ether oxygens (including phenoxy) is 2. The van der Waals surface area contributed by atoms with E-state index in [1.165, 1.54) is 5.56 Å². The van der Waals surface area contributed by atoms with Gasteiger partial charge in [0.25, 0.3) is 0 Å². The molecule has 1 atom stereocenters. The standard InChI is InChI=1S/C23H27N3O4S/c1-26-11-10-24-23(26)22(18-12-19(29-2)15-20(13-18)30-3)25-31(27,28)21-9-8-16-6-4-5-7-17(16)14-21/h8-15,22,25H,4-7H2,1-3H3. The molecule has 0 aliphatic heterocycles. The van der Waals surface area contributed by atoms with E-state index < -0.39 is 16.1 Å². The topological polar surface area (TPSA) is 82.4 Å². The first-order valence-corrected chi connectivity index (χ1v) is 11.7. The summed E-state index contributed by atoms with van der Waals surface area (Å²) in [4.78, 5) is 4.67. The van der Waals surface area contributed by atoms with Crippen LogP contribution in [0.2, 0.25) is 0 Å². The van der Waals surface area contributed by atoms with Crippen LogP contribution < -0.4 is 14.2 Å². The van der Waals surface area contributed by atoms with Crippen molar-refractivity contribution in [1.82, 2.24) is 14.3 Å². The molecule has 1 aromatic heterocycles. The van der Waals surface area contributed by atoms with Crippen molar-refractivity contribution < 1.29 is 17.9 Å². The van der Waals surface area contributed by atoms with Crippen LogP contribution in [0.15, 0.2) is 53.7 Å². The van der Waals surface area contributed by atoms with E-state index in [0.29, 0.717) is 22.9 Å². The van der Waals surface area contributed by atoms with Gasteiger partial charge in [-0.1, -0.05) is 6.07 Å². The maximum absolute atomic E-state index is 13.4. The largest absolute Gasteiger partial charge is 0.497 e. The first-order chi connectivity index (χ1) is 14.9. The maximum Gasteiger partial charge on any atom is 0.241 e. The molecule has 7 nitrogen and oxygen atoms in total. The maximum atomic E-state index is 13.4. The Hall–Kier alpha value is -2.84. The molecule has 0 saturated heterocycles. The van der Waals surface area contributed by atoms with Gasteiger partial charge in [-0.15, -0.1) is 0 Å². The van der Waals surface area contributed by atoms with Crippen LogP contribution in [0.3, 0.4) is 0 Å².